The van der Waals surface area contributed by atoms with Crippen LogP contribution in [0.5, 0.6) is 0 Å². The molecule has 1 aliphatic carbocycles. The number of methoxy groups -OCH3 is 1. The van der Waals surface area contributed by atoms with E-state index in [-0.39, 0.29) is 29.6 Å². The number of allylic oxidation sites excluding steroid dienone is 1. The van der Waals surface area contributed by atoms with Gasteiger partial charge in [0.05, 0.1) is 23.1 Å². The summed E-state index contributed by atoms with van der Waals surface area (Å²) in [6.45, 7) is 1.68. The van der Waals surface area contributed by atoms with Crippen LogP contribution in [0.2, 0.25) is 0 Å². The largest absolute Gasteiger partial charge is 0.483 e. The van der Waals surface area contributed by atoms with Crippen molar-refractivity contribution in [2.75, 3.05) is 7.11 Å². The lowest BCUT2D eigenvalue weighted by molar-refractivity contribution is -0.114. The van der Waals surface area contributed by atoms with Gasteiger partial charge >= 0.3 is 0 Å². The van der Waals surface area contributed by atoms with Gasteiger partial charge in [-0.3, -0.25) is 14.8 Å². The SMILES string of the molecule is COC1=NC(C(N)=O)=C(c2ccccn2)CC1(Cl)[C@@]1(C)N=C(N)S[C@@]2(C(F)F)C[C@@H]12. The molecule has 3 aliphatic rings. The van der Waals surface area contributed by atoms with Crippen LogP contribution in [0.25, 0.3) is 5.57 Å². The van der Waals surface area contributed by atoms with Crippen molar-refractivity contribution in [1.82, 2.24) is 4.98 Å². The molecule has 30 heavy (non-hydrogen) atoms. The van der Waals surface area contributed by atoms with Crippen LogP contribution in [-0.2, 0) is 9.53 Å². The van der Waals surface area contributed by atoms with E-state index in [1.54, 1.807) is 31.3 Å². The number of halogens is 3. The summed E-state index contributed by atoms with van der Waals surface area (Å²) in [5.41, 5.74) is 11.1. The Morgan fingerprint density at radius 2 is 2.17 bits per heavy atom. The molecule has 0 saturated heterocycles. The Morgan fingerprint density at radius 3 is 2.73 bits per heavy atom. The Morgan fingerprint density at radius 1 is 1.43 bits per heavy atom. The first-order chi connectivity index (χ1) is 14.1. The van der Waals surface area contributed by atoms with Crippen LogP contribution in [0.1, 0.15) is 25.5 Å². The van der Waals surface area contributed by atoms with Gasteiger partial charge in [0.1, 0.15) is 10.6 Å². The van der Waals surface area contributed by atoms with Crippen LogP contribution in [-0.4, -0.2) is 50.7 Å². The van der Waals surface area contributed by atoms with Crippen molar-refractivity contribution < 1.29 is 18.3 Å². The lowest BCUT2D eigenvalue weighted by Gasteiger charge is -2.46. The molecule has 2 aliphatic heterocycles. The maximum Gasteiger partial charge on any atom is 0.267 e. The molecule has 0 bridgehead atoms. The second-order valence-electron chi connectivity index (χ2n) is 7.72. The number of ether oxygens (including phenoxy) is 1. The first-order valence-corrected chi connectivity index (χ1v) is 10.4. The van der Waals surface area contributed by atoms with E-state index < -0.39 is 33.4 Å². The maximum absolute atomic E-state index is 13.9. The zero-order chi connectivity index (χ0) is 21.9. The quantitative estimate of drug-likeness (QED) is 0.677. The Bertz CT molecular complexity index is 1000. The highest BCUT2D eigenvalue weighted by atomic mass is 35.5. The minimum Gasteiger partial charge on any atom is -0.483 e. The topological polar surface area (TPSA) is 116 Å². The number of carbonyl (C=O) groups excluding carboxylic acids is 1. The molecule has 4 N–H and O–H groups in total. The Labute approximate surface area is 181 Å². The zero-order valence-electron chi connectivity index (χ0n) is 16.2. The summed E-state index contributed by atoms with van der Waals surface area (Å²) in [5.74, 6) is -1.34. The Balaban J connectivity index is 1.88. The third-order valence-corrected chi connectivity index (χ3v) is 8.09. The monoisotopic (exact) mass is 455 g/mol. The van der Waals surface area contributed by atoms with Crippen LogP contribution < -0.4 is 11.5 Å². The number of fused-ring (bicyclic) bond motifs is 1. The van der Waals surface area contributed by atoms with Crippen LogP contribution >= 0.6 is 23.4 Å². The van der Waals surface area contributed by atoms with Gasteiger partial charge in [-0.1, -0.05) is 17.8 Å². The van der Waals surface area contributed by atoms with Crippen molar-refractivity contribution in [3.05, 3.63) is 35.8 Å². The van der Waals surface area contributed by atoms with Crippen molar-refractivity contribution in [2.45, 2.75) is 41.4 Å². The standard InChI is InChI=1S/C19H20ClF2N5O2S/c1-17(11-8-18(11,14(21)22)30-16(24)27-17)19(20)7-9(10-5-3-4-6-25-10)12(13(23)28)26-15(19)29-2/h3-6,11,14H,7-8H2,1-2H3,(H2,23,28)(H2,24,27)/t11-,17-,18-,19?/m0/s1. The molecule has 1 aromatic heterocycles. The van der Waals surface area contributed by atoms with E-state index in [1.165, 1.54) is 7.11 Å². The second-order valence-corrected chi connectivity index (χ2v) is 9.75. The molecule has 1 amide bonds. The average molecular weight is 456 g/mol. The number of aliphatic imine (C=N–C) groups is 2. The van der Waals surface area contributed by atoms with E-state index in [4.69, 9.17) is 27.8 Å². The van der Waals surface area contributed by atoms with Crippen molar-refractivity contribution in [1.29, 1.82) is 0 Å². The highest BCUT2D eigenvalue weighted by Gasteiger charge is 2.76. The summed E-state index contributed by atoms with van der Waals surface area (Å²) in [4.78, 5) is 23.8. The zero-order valence-corrected chi connectivity index (χ0v) is 17.8. The van der Waals surface area contributed by atoms with Gasteiger partial charge < -0.3 is 16.2 Å². The molecule has 1 unspecified atom stereocenters. The molecule has 4 atom stereocenters. The van der Waals surface area contributed by atoms with Crippen LogP contribution in [0.4, 0.5) is 8.78 Å². The predicted molar refractivity (Wildman–Crippen MR) is 112 cm³/mol. The normalized spacial score (nSPS) is 35.5. The highest BCUT2D eigenvalue weighted by molar-refractivity contribution is 8.15. The fraction of sp³-hybridized carbons (Fsp3) is 0.474. The van der Waals surface area contributed by atoms with E-state index in [1.807, 2.05) is 0 Å². The number of thioether (sulfide) groups is 1. The first kappa shape index (κ1) is 21.0. The van der Waals surface area contributed by atoms with Crippen LogP contribution in [0.3, 0.4) is 0 Å². The van der Waals surface area contributed by atoms with Crippen molar-refractivity contribution in [3.63, 3.8) is 0 Å². The second kappa shape index (κ2) is 6.91. The average Bonchev–Trinajstić information content (AvgIpc) is 3.45. The van der Waals surface area contributed by atoms with E-state index in [2.05, 4.69) is 15.0 Å². The third kappa shape index (κ3) is 2.84. The number of amides is 1. The molecular formula is C19H20ClF2N5O2S. The van der Waals surface area contributed by atoms with Crippen molar-refractivity contribution in [2.24, 2.45) is 27.4 Å². The smallest absolute Gasteiger partial charge is 0.267 e. The summed E-state index contributed by atoms with van der Waals surface area (Å²) in [6, 6.07) is 5.16. The van der Waals surface area contributed by atoms with Crippen molar-refractivity contribution in [3.8, 4) is 0 Å². The number of nitrogens with two attached hydrogens (primary N) is 2. The molecule has 7 nitrogen and oxygen atoms in total. The Kier molecular flexibility index (Phi) is 4.85. The summed E-state index contributed by atoms with van der Waals surface area (Å²) in [6.07, 6.45) is -0.832. The van der Waals surface area contributed by atoms with Crippen LogP contribution in [0.15, 0.2) is 40.1 Å². The molecule has 0 spiro atoms. The Hall–Kier alpha value is -2.20. The summed E-state index contributed by atoms with van der Waals surface area (Å²) in [7, 11) is 1.35. The lowest BCUT2D eigenvalue weighted by atomic mass is 9.74. The number of rotatable bonds is 4. The van der Waals surface area contributed by atoms with Crippen molar-refractivity contribution >= 4 is 45.9 Å². The molecule has 160 valence electrons. The number of amidine groups is 1. The van der Waals surface area contributed by atoms with Gasteiger partial charge in [0.25, 0.3) is 12.3 Å². The number of alkyl halides is 3. The minimum atomic E-state index is -2.60. The number of hydrogen-bond donors (Lipinski definition) is 2. The molecule has 3 heterocycles. The number of pyridine rings is 1. The summed E-state index contributed by atoms with van der Waals surface area (Å²) < 4.78 is 31.9. The summed E-state index contributed by atoms with van der Waals surface area (Å²) >= 11 is 8.03. The number of nitrogens with zero attached hydrogens (tertiary/aromatic N) is 3. The number of carbonyl (C=O) groups is 1. The molecule has 4 rings (SSSR count). The molecule has 0 radical (unpaired) electrons. The molecule has 1 saturated carbocycles. The van der Waals surface area contributed by atoms with Gasteiger partial charge in [-0.2, -0.15) is 0 Å². The van der Waals surface area contributed by atoms with E-state index in [9.17, 15) is 13.6 Å². The third-order valence-electron chi connectivity index (χ3n) is 6.10. The van der Waals surface area contributed by atoms with Gasteiger partial charge in [0.15, 0.2) is 5.17 Å². The number of aromatic nitrogens is 1. The lowest BCUT2D eigenvalue weighted by Crippen LogP contribution is -2.59. The number of hydrogen-bond acceptors (Lipinski definition) is 7. The first-order valence-electron chi connectivity index (χ1n) is 9.18. The fourth-order valence-electron chi connectivity index (χ4n) is 4.44. The minimum absolute atomic E-state index is 0.00425. The van der Waals surface area contributed by atoms with Gasteiger partial charge in [0, 0.05) is 24.1 Å². The van der Waals surface area contributed by atoms with E-state index in [0.717, 1.165) is 11.8 Å². The van der Waals surface area contributed by atoms with E-state index in [0.29, 0.717) is 11.3 Å². The molecule has 1 aromatic rings. The maximum atomic E-state index is 13.9. The fourth-order valence-corrected chi connectivity index (χ4v) is 6.21. The highest BCUT2D eigenvalue weighted by Crippen LogP contribution is 2.69. The molecule has 1 fully saturated rings. The predicted octanol–water partition coefficient (Wildman–Crippen LogP) is 2.55. The molecule has 11 heteroatoms. The summed E-state index contributed by atoms with van der Waals surface area (Å²) in [5, 5.41) is 0.0334. The number of primary amides is 1. The van der Waals surface area contributed by atoms with E-state index >= 15 is 0 Å². The van der Waals surface area contributed by atoms with Gasteiger partial charge in [-0.25, -0.2) is 13.8 Å². The molecular weight excluding hydrogens is 436 g/mol. The molecule has 0 aromatic carbocycles. The van der Waals surface area contributed by atoms with Gasteiger partial charge in [-0.15, -0.1) is 11.6 Å². The van der Waals surface area contributed by atoms with Gasteiger partial charge in [0.2, 0.25) is 5.90 Å². The van der Waals surface area contributed by atoms with Gasteiger partial charge in [-0.05, 0) is 25.5 Å². The van der Waals surface area contributed by atoms with Crippen LogP contribution in [0, 0.1) is 5.92 Å².